The monoisotopic (exact) mass is 258 g/mol. The van der Waals surface area contributed by atoms with E-state index in [0.717, 1.165) is 6.29 Å². The molecule has 1 heterocycles. The highest BCUT2D eigenvalue weighted by Crippen LogP contribution is 2.30. The molecule has 0 amide bonds. The van der Waals surface area contributed by atoms with Crippen LogP contribution in [0, 0.1) is 0 Å². The van der Waals surface area contributed by atoms with Crippen molar-refractivity contribution in [3.8, 4) is 11.5 Å². The zero-order chi connectivity index (χ0) is 13.5. The van der Waals surface area contributed by atoms with Crippen LogP contribution in [0.2, 0.25) is 0 Å². The third-order valence-corrected chi connectivity index (χ3v) is 2.40. The van der Waals surface area contributed by atoms with Gasteiger partial charge in [-0.05, 0) is 25.1 Å². The van der Waals surface area contributed by atoms with Gasteiger partial charge in [-0.15, -0.1) is 0 Å². The first-order valence-corrected chi connectivity index (χ1v) is 5.94. The summed E-state index contributed by atoms with van der Waals surface area (Å²) in [6.07, 6.45) is 4.02. The lowest BCUT2D eigenvalue weighted by molar-refractivity contribution is 0.111. The Hall–Kier alpha value is -2.43. The summed E-state index contributed by atoms with van der Waals surface area (Å²) in [5.41, 5.74) is 0.446. The van der Waals surface area contributed by atoms with Gasteiger partial charge < -0.3 is 9.47 Å². The first kappa shape index (κ1) is 13.0. The molecule has 0 spiro atoms. The van der Waals surface area contributed by atoms with Crippen LogP contribution in [0.4, 0.5) is 0 Å². The van der Waals surface area contributed by atoms with Crippen LogP contribution >= 0.6 is 0 Å². The molecule has 98 valence electrons. The molecule has 0 aliphatic carbocycles. The molecule has 0 radical (unpaired) electrons. The summed E-state index contributed by atoms with van der Waals surface area (Å²) in [6.45, 7) is 2.56. The van der Waals surface area contributed by atoms with Crippen LogP contribution < -0.4 is 9.47 Å². The minimum atomic E-state index is 0.186. The number of nitrogens with zero attached hydrogens (tertiary/aromatic N) is 2. The van der Waals surface area contributed by atoms with E-state index >= 15 is 0 Å². The molecule has 5 nitrogen and oxygen atoms in total. The first-order valence-electron chi connectivity index (χ1n) is 5.94. The van der Waals surface area contributed by atoms with Crippen LogP contribution in [-0.4, -0.2) is 22.9 Å². The van der Waals surface area contributed by atoms with Crippen molar-refractivity contribution in [2.45, 2.75) is 13.5 Å². The van der Waals surface area contributed by atoms with Gasteiger partial charge in [0.15, 0.2) is 23.6 Å². The number of rotatable bonds is 6. The SMILES string of the molecule is CCOc1cccc(C=O)c1OCc1ncccn1. The zero-order valence-electron chi connectivity index (χ0n) is 10.6. The maximum Gasteiger partial charge on any atom is 0.172 e. The van der Waals surface area contributed by atoms with Crippen molar-refractivity contribution in [3.05, 3.63) is 48.0 Å². The van der Waals surface area contributed by atoms with Crippen molar-refractivity contribution in [3.63, 3.8) is 0 Å². The summed E-state index contributed by atoms with van der Waals surface area (Å²) >= 11 is 0. The van der Waals surface area contributed by atoms with Gasteiger partial charge in [0, 0.05) is 12.4 Å². The van der Waals surface area contributed by atoms with Crippen molar-refractivity contribution in [2.75, 3.05) is 6.61 Å². The largest absolute Gasteiger partial charge is 0.490 e. The van der Waals surface area contributed by atoms with Crippen LogP contribution in [0.25, 0.3) is 0 Å². The molecule has 2 aromatic rings. The first-order chi connectivity index (χ1) is 9.35. The van der Waals surface area contributed by atoms with Crippen LogP contribution in [0.5, 0.6) is 11.5 Å². The molecule has 0 aliphatic heterocycles. The van der Waals surface area contributed by atoms with E-state index in [2.05, 4.69) is 9.97 Å². The number of para-hydroxylation sites is 1. The van der Waals surface area contributed by atoms with Crippen LogP contribution in [0.1, 0.15) is 23.1 Å². The smallest absolute Gasteiger partial charge is 0.172 e. The minimum Gasteiger partial charge on any atom is -0.490 e. The van der Waals surface area contributed by atoms with E-state index < -0.39 is 0 Å². The number of carbonyl (C=O) groups excluding carboxylic acids is 1. The molecule has 5 heteroatoms. The van der Waals surface area contributed by atoms with E-state index in [-0.39, 0.29) is 6.61 Å². The van der Waals surface area contributed by atoms with E-state index in [9.17, 15) is 4.79 Å². The highest BCUT2D eigenvalue weighted by atomic mass is 16.5. The molecule has 1 aromatic heterocycles. The Labute approximate surface area is 111 Å². The molecular formula is C14H14N2O3. The maximum absolute atomic E-state index is 11.0. The van der Waals surface area contributed by atoms with Crippen molar-refractivity contribution in [2.24, 2.45) is 0 Å². The van der Waals surface area contributed by atoms with Gasteiger partial charge in [-0.3, -0.25) is 4.79 Å². The average molecular weight is 258 g/mol. The van der Waals surface area contributed by atoms with Crippen LogP contribution in [0.15, 0.2) is 36.7 Å². The van der Waals surface area contributed by atoms with E-state index in [1.807, 2.05) is 6.92 Å². The fraction of sp³-hybridized carbons (Fsp3) is 0.214. The Balaban J connectivity index is 2.20. The van der Waals surface area contributed by atoms with E-state index in [1.54, 1.807) is 36.7 Å². The standard InChI is InChI=1S/C14H14N2O3/c1-2-18-12-6-3-5-11(9-17)14(12)19-10-13-15-7-4-8-16-13/h3-9H,2,10H2,1H3. The molecular weight excluding hydrogens is 244 g/mol. The Morgan fingerprint density at radius 2 is 1.95 bits per heavy atom. The van der Waals surface area contributed by atoms with Gasteiger partial charge in [0.2, 0.25) is 0 Å². The second-order valence-electron chi connectivity index (χ2n) is 3.68. The van der Waals surface area contributed by atoms with Crippen LogP contribution in [0.3, 0.4) is 0 Å². The lowest BCUT2D eigenvalue weighted by Crippen LogP contribution is -2.04. The van der Waals surface area contributed by atoms with Crippen molar-refractivity contribution >= 4 is 6.29 Å². The summed E-state index contributed by atoms with van der Waals surface area (Å²) < 4.78 is 11.1. The molecule has 1 aromatic carbocycles. The summed E-state index contributed by atoms with van der Waals surface area (Å²) in [5, 5.41) is 0. The highest BCUT2D eigenvalue weighted by molar-refractivity contribution is 5.81. The van der Waals surface area contributed by atoms with Gasteiger partial charge in [-0.25, -0.2) is 9.97 Å². The molecule has 0 saturated carbocycles. The van der Waals surface area contributed by atoms with Crippen molar-refractivity contribution in [1.29, 1.82) is 0 Å². The Morgan fingerprint density at radius 1 is 1.16 bits per heavy atom. The molecule has 2 rings (SSSR count). The second kappa shape index (κ2) is 6.49. The molecule has 0 saturated heterocycles. The summed E-state index contributed by atoms with van der Waals surface area (Å²) in [4.78, 5) is 19.1. The second-order valence-corrected chi connectivity index (χ2v) is 3.68. The molecule has 0 atom stereocenters. The van der Waals surface area contributed by atoms with Gasteiger partial charge in [-0.2, -0.15) is 0 Å². The van der Waals surface area contributed by atoms with Gasteiger partial charge in [0.1, 0.15) is 6.61 Å². The quantitative estimate of drug-likeness (QED) is 0.744. The predicted molar refractivity (Wildman–Crippen MR) is 69.4 cm³/mol. The molecule has 0 aliphatic rings. The lowest BCUT2D eigenvalue weighted by Gasteiger charge is -2.12. The fourth-order valence-electron chi connectivity index (χ4n) is 1.59. The number of carbonyl (C=O) groups is 1. The van der Waals surface area contributed by atoms with E-state index in [0.29, 0.717) is 29.5 Å². The number of aromatic nitrogens is 2. The molecule has 19 heavy (non-hydrogen) atoms. The molecule has 0 unspecified atom stereocenters. The number of hydrogen-bond acceptors (Lipinski definition) is 5. The highest BCUT2D eigenvalue weighted by Gasteiger charge is 2.11. The number of benzene rings is 1. The zero-order valence-corrected chi connectivity index (χ0v) is 10.6. The van der Waals surface area contributed by atoms with Crippen molar-refractivity contribution < 1.29 is 14.3 Å². The Bertz CT molecular complexity index is 544. The minimum absolute atomic E-state index is 0.186. The number of hydrogen-bond donors (Lipinski definition) is 0. The number of aldehydes is 1. The van der Waals surface area contributed by atoms with Crippen molar-refractivity contribution in [1.82, 2.24) is 9.97 Å². The molecule has 0 bridgehead atoms. The molecule has 0 N–H and O–H groups in total. The summed E-state index contributed by atoms with van der Waals surface area (Å²) in [7, 11) is 0. The number of ether oxygens (including phenoxy) is 2. The van der Waals surface area contributed by atoms with Gasteiger partial charge in [-0.1, -0.05) is 6.07 Å². The Morgan fingerprint density at radius 3 is 2.63 bits per heavy atom. The molecule has 0 fully saturated rings. The maximum atomic E-state index is 11.0. The topological polar surface area (TPSA) is 61.3 Å². The Kier molecular flexibility index (Phi) is 4.44. The lowest BCUT2D eigenvalue weighted by atomic mass is 10.2. The third-order valence-electron chi connectivity index (χ3n) is 2.40. The summed E-state index contributed by atoms with van der Waals surface area (Å²) in [6, 6.07) is 6.92. The average Bonchev–Trinajstić information content (AvgIpc) is 2.47. The normalized spacial score (nSPS) is 9.95. The van der Waals surface area contributed by atoms with Gasteiger partial charge >= 0.3 is 0 Å². The van der Waals surface area contributed by atoms with E-state index in [4.69, 9.17) is 9.47 Å². The third kappa shape index (κ3) is 3.28. The fourth-order valence-corrected chi connectivity index (χ4v) is 1.59. The predicted octanol–water partition coefficient (Wildman–Crippen LogP) is 2.27. The summed E-state index contributed by atoms with van der Waals surface area (Å²) in [5.74, 6) is 1.51. The van der Waals surface area contributed by atoms with E-state index in [1.165, 1.54) is 0 Å². The van der Waals surface area contributed by atoms with Crippen LogP contribution in [-0.2, 0) is 6.61 Å². The van der Waals surface area contributed by atoms with Gasteiger partial charge in [0.05, 0.1) is 12.2 Å². The van der Waals surface area contributed by atoms with Gasteiger partial charge in [0.25, 0.3) is 0 Å².